The summed E-state index contributed by atoms with van der Waals surface area (Å²) in [7, 11) is 2.11. The average Bonchev–Trinajstić information content (AvgIpc) is 3.86. The molecule has 2 atom stereocenters. The first-order valence-corrected chi connectivity index (χ1v) is 21.7. The Hall–Kier alpha value is -7.92. The number of hydrogen-bond donors (Lipinski definition) is 7. The van der Waals surface area contributed by atoms with E-state index in [-0.39, 0.29) is 34.1 Å². The van der Waals surface area contributed by atoms with Crippen LogP contribution in [-0.2, 0) is 4.79 Å². The molecule has 7 N–H and O–H groups in total. The van der Waals surface area contributed by atoms with Gasteiger partial charge in [-0.3, -0.25) is 0 Å². The molecule has 0 amide bonds. The average molecular weight is 886 g/mol. The number of phenols is 4. The van der Waals surface area contributed by atoms with Gasteiger partial charge in [0, 0.05) is 50.1 Å². The van der Waals surface area contributed by atoms with Crippen molar-refractivity contribution in [3.8, 4) is 39.8 Å². The van der Waals surface area contributed by atoms with Crippen LogP contribution in [0.5, 0.6) is 23.0 Å². The molecule has 65 heavy (non-hydrogen) atoms. The van der Waals surface area contributed by atoms with E-state index < -0.39 is 40.3 Å². The normalized spacial score (nSPS) is 15.1. The fraction of sp³-hybridized carbons (Fsp3) is 0.151. The lowest BCUT2D eigenvalue weighted by Crippen LogP contribution is -2.35. The molecule has 328 valence electrons. The van der Waals surface area contributed by atoms with Crippen LogP contribution in [0.3, 0.4) is 0 Å². The van der Waals surface area contributed by atoms with Crippen LogP contribution in [-0.4, -0.2) is 64.0 Å². The van der Waals surface area contributed by atoms with Crippen LogP contribution in [0.1, 0.15) is 59.8 Å². The van der Waals surface area contributed by atoms with Crippen LogP contribution in [0, 0.1) is 19.8 Å². The fourth-order valence-corrected chi connectivity index (χ4v) is 9.91. The molecular weight excluding hydrogens is 839 g/mol. The van der Waals surface area contributed by atoms with Gasteiger partial charge in [0.05, 0.1) is 22.7 Å². The number of thiophene rings is 1. The van der Waals surface area contributed by atoms with Crippen LogP contribution in [0.15, 0.2) is 132 Å². The number of aliphatic hydroxyl groups excluding tert-OH is 3. The van der Waals surface area contributed by atoms with Crippen molar-refractivity contribution in [3.63, 3.8) is 0 Å². The summed E-state index contributed by atoms with van der Waals surface area (Å²) in [5.74, 6) is -5.42. The lowest BCUT2D eigenvalue weighted by Gasteiger charge is -2.32. The molecule has 2 heterocycles. The first-order valence-electron chi connectivity index (χ1n) is 20.9. The van der Waals surface area contributed by atoms with Gasteiger partial charge in [-0.05, 0) is 92.3 Å². The van der Waals surface area contributed by atoms with E-state index in [1.807, 2.05) is 49.5 Å². The fourth-order valence-electron chi connectivity index (χ4n) is 8.76. The number of allylic oxidation sites excluding steroid dienone is 4. The van der Waals surface area contributed by atoms with Crippen molar-refractivity contribution in [2.45, 2.75) is 40.2 Å². The van der Waals surface area contributed by atoms with Crippen LogP contribution in [0.25, 0.3) is 65.4 Å². The zero-order valence-electron chi connectivity index (χ0n) is 36.3. The zero-order valence-corrected chi connectivity index (χ0v) is 37.1. The number of amidine groups is 1. The third-order valence-electron chi connectivity index (χ3n) is 12.3. The third-order valence-corrected chi connectivity index (χ3v) is 13.4. The van der Waals surface area contributed by atoms with Gasteiger partial charge in [0.15, 0.2) is 23.2 Å². The SMILES string of the molecule is C=Cc1cc(C(=C/C)/N=C(/C2C=CC=CC2)N(C)C(C)c2ccc3c(c2)sc2ccccc23)ccc1-c1ccc(-n2c(C)c(/C(O)=C(/O)C(O)=C=O)c3c(O)c(O)c(O)c(O)c32)cc1C. The Bertz CT molecular complexity index is 3320. The number of aromatic nitrogens is 1. The molecule has 0 aliphatic heterocycles. The lowest BCUT2D eigenvalue weighted by molar-refractivity contribution is 0.316. The zero-order chi connectivity index (χ0) is 46.4. The summed E-state index contributed by atoms with van der Waals surface area (Å²) < 4.78 is 3.92. The van der Waals surface area contributed by atoms with E-state index in [1.54, 1.807) is 18.2 Å². The first-order chi connectivity index (χ1) is 31.2. The topological polar surface area (TPSA) is 179 Å². The number of hydrogen-bond acceptors (Lipinski definition) is 10. The molecule has 0 saturated carbocycles. The standard InChI is InChI=1S/C53H47N3O8S/c1-7-31-25-34(40(8-2)54-53(32-14-10-9-11-15-32)55(6)29(4)33-18-22-39-38-16-12-13-17-42(38)65-43(39)26-33)19-21-37(31)36-23-20-35(24-28(36)3)56-30(5)44(48(60)47(59)41(58)27-57)45-46(56)50(62)52(64)51(63)49(45)61/h7-14,16-26,29,32,58-64H,1,15H2,2-6H3/b40-8-,48-47-,54-53-. The molecule has 0 radical (unpaired) electrons. The predicted octanol–water partition coefficient (Wildman–Crippen LogP) is 12.4. The first kappa shape index (κ1) is 43.7. The minimum Gasteiger partial charge on any atom is -0.504 e. The highest BCUT2D eigenvalue weighted by molar-refractivity contribution is 7.25. The molecule has 0 fully saturated rings. The maximum atomic E-state index is 11.1. The summed E-state index contributed by atoms with van der Waals surface area (Å²) >= 11 is 1.81. The Morgan fingerprint density at radius 3 is 2.31 bits per heavy atom. The van der Waals surface area contributed by atoms with Gasteiger partial charge in [0.25, 0.3) is 0 Å². The van der Waals surface area contributed by atoms with E-state index in [0.717, 1.165) is 51.7 Å². The summed E-state index contributed by atoms with van der Waals surface area (Å²) in [5, 5.41) is 76.6. The summed E-state index contributed by atoms with van der Waals surface area (Å²) in [6.07, 6.45) is 13.1. The highest BCUT2D eigenvalue weighted by Crippen LogP contribution is 2.53. The number of rotatable bonds is 10. The number of benzene rings is 5. The second kappa shape index (κ2) is 17.3. The molecule has 1 aliphatic rings. The van der Waals surface area contributed by atoms with Gasteiger partial charge in [-0.15, -0.1) is 11.3 Å². The van der Waals surface area contributed by atoms with Crippen molar-refractivity contribution in [1.29, 1.82) is 0 Å². The van der Waals surface area contributed by atoms with Gasteiger partial charge in [-0.25, -0.2) is 9.79 Å². The van der Waals surface area contributed by atoms with Crippen molar-refractivity contribution in [2.24, 2.45) is 10.9 Å². The van der Waals surface area contributed by atoms with Gasteiger partial charge >= 0.3 is 0 Å². The molecule has 8 rings (SSSR count). The number of aryl methyl sites for hydroxylation is 1. The Kier molecular flexibility index (Phi) is 11.7. The predicted molar refractivity (Wildman–Crippen MR) is 262 cm³/mol. The molecular formula is C53H47N3O8S. The van der Waals surface area contributed by atoms with E-state index in [2.05, 4.69) is 98.3 Å². The van der Waals surface area contributed by atoms with Crippen molar-refractivity contribution >= 4 is 71.7 Å². The summed E-state index contributed by atoms with van der Waals surface area (Å²) in [6, 6.07) is 26.7. The molecule has 1 aliphatic carbocycles. The molecule has 0 saturated heterocycles. The highest BCUT2D eigenvalue weighted by atomic mass is 32.1. The number of phenolic OH excluding ortho intramolecular Hbond substituents is 4. The molecule has 2 unspecified atom stereocenters. The minimum atomic E-state index is -1.31. The molecule has 11 nitrogen and oxygen atoms in total. The number of nitrogens with zero attached hydrogens (tertiary/aromatic N) is 3. The van der Waals surface area contributed by atoms with Crippen molar-refractivity contribution in [1.82, 2.24) is 9.47 Å². The summed E-state index contributed by atoms with van der Waals surface area (Å²) in [6.45, 7) is 11.7. The van der Waals surface area contributed by atoms with Gasteiger partial charge in [-0.2, -0.15) is 0 Å². The van der Waals surface area contributed by atoms with Gasteiger partial charge in [0.2, 0.25) is 23.0 Å². The molecule has 0 bridgehead atoms. The Labute approximate surface area is 379 Å². The number of aliphatic imine (C=N–C) groups is 1. The van der Waals surface area contributed by atoms with Gasteiger partial charge in [0.1, 0.15) is 11.4 Å². The molecule has 7 aromatic rings. The smallest absolute Gasteiger partial charge is 0.247 e. The van der Waals surface area contributed by atoms with Crippen molar-refractivity contribution in [3.05, 3.63) is 161 Å². The van der Waals surface area contributed by atoms with Crippen molar-refractivity contribution < 1.29 is 40.5 Å². The summed E-state index contributed by atoms with van der Waals surface area (Å²) in [5.41, 5.74) is 6.12. The molecule has 12 heteroatoms. The molecule has 2 aromatic heterocycles. The second-order valence-corrected chi connectivity index (χ2v) is 17.1. The highest BCUT2D eigenvalue weighted by Gasteiger charge is 2.31. The van der Waals surface area contributed by atoms with Gasteiger partial charge < -0.3 is 45.2 Å². The van der Waals surface area contributed by atoms with E-state index in [9.17, 15) is 40.5 Å². The maximum absolute atomic E-state index is 11.1. The number of aromatic hydroxyl groups is 4. The van der Waals surface area contributed by atoms with Crippen LogP contribution < -0.4 is 0 Å². The van der Waals surface area contributed by atoms with Gasteiger partial charge in [-0.1, -0.05) is 91.6 Å². The van der Waals surface area contributed by atoms with E-state index in [0.29, 0.717) is 5.69 Å². The minimum absolute atomic E-state index is 0.0209. The van der Waals surface area contributed by atoms with Crippen molar-refractivity contribution in [2.75, 3.05) is 7.05 Å². The molecule has 0 spiro atoms. The van der Waals surface area contributed by atoms with Crippen LogP contribution in [0.4, 0.5) is 0 Å². The Morgan fingerprint density at radius 2 is 1.62 bits per heavy atom. The second-order valence-electron chi connectivity index (χ2n) is 16.0. The maximum Gasteiger partial charge on any atom is 0.247 e. The third kappa shape index (κ3) is 7.48. The lowest BCUT2D eigenvalue weighted by atomic mass is 9.93. The Balaban J connectivity index is 1.17. The monoisotopic (exact) mass is 885 g/mol. The number of carbonyl (C=O) groups excluding carboxylic acids is 1. The molecule has 5 aromatic carbocycles. The number of aliphatic hydroxyl groups is 3. The van der Waals surface area contributed by atoms with E-state index in [1.165, 1.54) is 37.2 Å². The Morgan fingerprint density at radius 1 is 0.892 bits per heavy atom. The van der Waals surface area contributed by atoms with Crippen LogP contribution in [0.2, 0.25) is 0 Å². The largest absolute Gasteiger partial charge is 0.504 e. The van der Waals surface area contributed by atoms with E-state index in [4.69, 9.17) is 4.99 Å². The van der Waals surface area contributed by atoms with E-state index >= 15 is 0 Å². The van der Waals surface area contributed by atoms with Crippen LogP contribution >= 0.6 is 11.3 Å². The quantitative estimate of drug-likeness (QED) is 0.0134. The number of fused-ring (bicyclic) bond motifs is 4. The summed E-state index contributed by atoms with van der Waals surface area (Å²) in [4.78, 5) is 18.8.